The van der Waals surface area contributed by atoms with Crippen molar-refractivity contribution >= 4 is 39.1 Å². The van der Waals surface area contributed by atoms with Gasteiger partial charge in [0.15, 0.2) is 5.82 Å². The predicted octanol–water partition coefficient (Wildman–Crippen LogP) is 3.25. The number of rotatable bonds is 2. The Labute approximate surface area is 94.6 Å². The van der Waals surface area contributed by atoms with Crippen LogP contribution >= 0.6 is 39.1 Å². The molecular formula is C7H7BrCl2N2O. The van der Waals surface area contributed by atoms with E-state index in [-0.39, 0.29) is 6.10 Å². The van der Waals surface area contributed by atoms with Crippen molar-refractivity contribution in [3.05, 3.63) is 20.6 Å². The summed E-state index contributed by atoms with van der Waals surface area (Å²) < 4.78 is 5.53. The summed E-state index contributed by atoms with van der Waals surface area (Å²) in [5.74, 6) is 0.473. The minimum atomic E-state index is -0.219. The number of halogens is 3. The number of nitrogens with zero attached hydrogens (tertiary/aromatic N) is 2. The maximum atomic E-state index is 5.78. The van der Waals surface area contributed by atoms with Gasteiger partial charge >= 0.3 is 0 Å². The molecule has 3 nitrogen and oxygen atoms in total. The van der Waals surface area contributed by atoms with Gasteiger partial charge in [0.1, 0.15) is 16.4 Å². The van der Waals surface area contributed by atoms with Crippen LogP contribution in [0.1, 0.15) is 18.9 Å². The van der Waals surface area contributed by atoms with Gasteiger partial charge in [0.2, 0.25) is 0 Å². The molecule has 6 heteroatoms. The zero-order valence-electron chi connectivity index (χ0n) is 7.01. The highest BCUT2D eigenvalue weighted by molar-refractivity contribution is 9.10. The summed E-state index contributed by atoms with van der Waals surface area (Å²) in [5, 5.41) is 0.581. The summed E-state index contributed by atoms with van der Waals surface area (Å²) >= 11 is 14.7. The van der Waals surface area contributed by atoms with Gasteiger partial charge in [-0.1, -0.05) is 23.2 Å². The lowest BCUT2D eigenvalue weighted by Crippen LogP contribution is -2.03. The normalized spacial score (nSPS) is 13.0. The van der Waals surface area contributed by atoms with E-state index in [1.807, 2.05) is 6.92 Å². The third-order valence-electron chi connectivity index (χ3n) is 1.50. The first kappa shape index (κ1) is 11.2. The van der Waals surface area contributed by atoms with E-state index in [2.05, 4.69) is 25.9 Å². The second-order valence-corrected chi connectivity index (χ2v) is 3.86. The molecule has 0 aliphatic heterocycles. The lowest BCUT2D eigenvalue weighted by Gasteiger charge is -2.08. The Morgan fingerprint density at radius 1 is 1.31 bits per heavy atom. The summed E-state index contributed by atoms with van der Waals surface area (Å²) in [7, 11) is 1.57. The Hall–Kier alpha value is 0.1000. The molecule has 0 N–H and O–H groups in total. The summed E-state index contributed by atoms with van der Waals surface area (Å²) in [6, 6.07) is 0. The molecular weight excluding hydrogens is 279 g/mol. The molecule has 0 saturated carbocycles. The largest absolute Gasteiger partial charge is 0.374 e. The molecule has 1 heterocycles. The van der Waals surface area contributed by atoms with Gasteiger partial charge in [-0.3, -0.25) is 0 Å². The van der Waals surface area contributed by atoms with Crippen LogP contribution in [0, 0.1) is 0 Å². The first-order valence-electron chi connectivity index (χ1n) is 3.47. The highest BCUT2D eigenvalue weighted by Crippen LogP contribution is 2.28. The average molecular weight is 286 g/mol. The van der Waals surface area contributed by atoms with E-state index in [0.717, 1.165) is 0 Å². The quantitative estimate of drug-likeness (QED) is 0.783. The molecule has 72 valence electrons. The van der Waals surface area contributed by atoms with E-state index >= 15 is 0 Å². The van der Waals surface area contributed by atoms with Gasteiger partial charge in [-0.15, -0.1) is 0 Å². The molecule has 1 aromatic rings. The number of hydrogen-bond acceptors (Lipinski definition) is 3. The molecule has 0 saturated heterocycles. The van der Waals surface area contributed by atoms with E-state index < -0.39 is 0 Å². The summed E-state index contributed by atoms with van der Waals surface area (Å²) in [5.41, 5.74) is 0. The molecule has 1 rings (SSSR count). The van der Waals surface area contributed by atoms with Gasteiger partial charge in [0.05, 0.1) is 4.47 Å². The molecule has 0 spiro atoms. The minimum Gasteiger partial charge on any atom is -0.374 e. The Kier molecular flexibility index (Phi) is 3.91. The van der Waals surface area contributed by atoms with Crippen molar-refractivity contribution in [3.8, 4) is 0 Å². The minimum absolute atomic E-state index is 0.219. The van der Waals surface area contributed by atoms with E-state index in [1.165, 1.54) is 0 Å². The highest BCUT2D eigenvalue weighted by atomic mass is 79.9. The Morgan fingerprint density at radius 3 is 2.15 bits per heavy atom. The predicted molar refractivity (Wildman–Crippen MR) is 55.2 cm³/mol. The first-order valence-corrected chi connectivity index (χ1v) is 5.02. The van der Waals surface area contributed by atoms with Crippen LogP contribution in [0.4, 0.5) is 0 Å². The molecule has 1 unspecified atom stereocenters. The monoisotopic (exact) mass is 284 g/mol. The van der Waals surface area contributed by atoms with Gasteiger partial charge in [-0.2, -0.15) is 0 Å². The molecule has 1 atom stereocenters. The zero-order valence-corrected chi connectivity index (χ0v) is 10.1. The van der Waals surface area contributed by atoms with Crippen LogP contribution < -0.4 is 0 Å². The Morgan fingerprint density at radius 2 is 1.77 bits per heavy atom. The van der Waals surface area contributed by atoms with Crippen LogP contribution in [-0.2, 0) is 4.74 Å². The van der Waals surface area contributed by atoms with Crippen LogP contribution in [0.25, 0.3) is 0 Å². The third kappa shape index (κ3) is 2.53. The van der Waals surface area contributed by atoms with Crippen molar-refractivity contribution in [1.29, 1.82) is 0 Å². The number of ether oxygens (including phenoxy) is 1. The lowest BCUT2D eigenvalue weighted by molar-refractivity contribution is 0.112. The van der Waals surface area contributed by atoms with Crippen molar-refractivity contribution in [2.75, 3.05) is 7.11 Å². The van der Waals surface area contributed by atoms with Gasteiger partial charge in [-0.05, 0) is 22.9 Å². The molecule has 1 aromatic heterocycles. The van der Waals surface area contributed by atoms with Crippen LogP contribution in [0.3, 0.4) is 0 Å². The topological polar surface area (TPSA) is 35.0 Å². The fourth-order valence-corrected chi connectivity index (χ4v) is 1.27. The highest BCUT2D eigenvalue weighted by Gasteiger charge is 2.13. The second kappa shape index (κ2) is 4.55. The third-order valence-corrected chi connectivity index (χ3v) is 3.26. The van der Waals surface area contributed by atoms with Crippen molar-refractivity contribution in [1.82, 2.24) is 9.97 Å². The summed E-state index contributed by atoms with van der Waals surface area (Å²) in [6.07, 6.45) is -0.219. The summed E-state index contributed by atoms with van der Waals surface area (Å²) in [4.78, 5) is 8.00. The molecule has 0 fully saturated rings. The molecule has 0 amide bonds. The maximum absolute atomic E-state index is 5.78. The molecule has 13 heavy (non-hydrogen) atoms. The lowest BCUT2D eigenvalue weighted by atomic mass is 10.4. The van der Waals surface area contributed by atoms with Crippen LogP contribution in [0.5, 0.6) is 0 Å². The van der Waals surface area contributed by atoms with Crippen LogP contribution in [0.2, 0.25) is 10.3 Å². The smallest absolute Gasteiger partial charge is 0.160 e. The van der Waals surface area contributed by atoms with Crippen molar-refractivity contribution in [2.24, 2.45) is 0 Å². The Bertz CT molecular complexity index is 298. The SMILES string of the molecule is COC(C)c1nc(Cl)c(Br)c(Cl)n1. The van der Waals surface area contributed by atoms with Crippen molar-refractivity contribution in [2.45, 2.75) is 13.0 Å². The number of hydrogen-bond donors (Lipinski definition) is 0. The molecule has 0 aliphatic carbocycles. The molecule has 0 radical (unpaired) electrons. The first-order chi connectivity index (χ1) is 6.06. The van der Waals surface area contributed by atoms with Crippen molar-refractivity contribution in [3.63, 3.8) is 0 Å². The van der Waals surface area contributed by atoms with Gasteiger partial charge in [0.25, 0.3) is 0 Å². The van der Waals surface area contributed by atoms with Crippen molar-refractivity contribution < 1.29 is 4.74 Å². The Balaban J connectivity index is 3.13. The number of methoxy groups -OCH3 is 1. The maximum Gasteiger partial charge on any atom is 0.160 e. The number of aromatic nitrogens is 2. The fraction of sp³-hybridized carbons (Fsp3) is 0.429. The van der Waals surface area contributed by atoms with Gasteiger partial charge < -0.3 is 4.74 Å². The van der Waals surface area contributed by atoms with E-state index in [0.29, 0.717) is 20.6 Å². The van der Waals surface area contributed by atoms with Gasteiger partial charge in [0, 0.05) is 7.11 Å². The van der Waals surface area contributed by atoms with Crippen LogP contribution in [0.15, 0.2) is 4.47 Å². The average Bonchev–Trinajstić information content (AvgIpc) is 2.12. The van der Waals surface area contributed by atoms with Gasteiger partial charge in [-0.25, -0.2) is 9.97 Å². The summed E-state index contributed by atoms with van der Waals surface area (Å²) in [6.45, 7) is 1.82. The van der Waals surface area contributed by atoms with Crippen LogP contribution in [-0.4, -0.2) is 17.1 Å². The van der Waals surface area contributed by atoms with E-state index in [9.17, 15) is 0 Å². The molecule has 0 aliphatic rings. The zero-order chi connectivity index (χ0) is 10.0. The molecule has 0 aromatic carbocycles. The molecule has 0 bridgehead atoms. The van der Waals surface area contributed by atoms with E-state index in [4.69, 9.17) is 27.9 Å². The van der Waals surface area contributed by atoms with E-state index in [1.54, 1.807) is 7.11 Å². The standard InChI is InChI=1S/C7H7BrCl2N2O/c1-3(13-2)7-11-5(9)4(8)6(10)12-7/h3H,1-2H3. The second-order valence-electron chi connectivity index (χ2n) is 2.36. The fourth-order valence-electron chi connectivity index (χ4n) is 0.697.